The molecule has 1 aromatic rings. The first kappa shape index (κ1) is 17.8. The number of nitriles is 1. The molecule has 124 valence electrons. The van der Waals surface area contributed by atoms with Crippen molar-refractivity contribution in [2.45, 2.75) is 32.0 Å². The average Bonchev–Trinajstić information content (AvgIpc) is 2.49. The maximum atomic E-state index is 12.6. The Kier molecular flexibility index (Phi) is 5.35. The van der Waals surface area contributed by atoms with Gasteiger partial charge in [-0.25, -0.2) is 0 Å². The zero-order chi connectivity index (χ0) is 17.2. The molecule has 0 saturated carbocycles. The molecular weight excluding hydrogens is 306 g/mol. The van der Waals surface area contributed by atoms with E-state index in [-0.39, 0.29) is 6.04 Å². The second-order valence-corrected chi connectivity index (χ2v) is 5.87. The molecule has 8 heteroatoms. The third-order valence-electron chi connectivity index (χ3n) is 4.25. The van der Waals surface area contributed by atoms with E-state index in [9.17, 15) is 23.5 Å². The standard InChI is InChI=1S/C15H19BF3N3O/c1-11-10-21(16(2)23)7-8-22(11)14(9-20)12-3-5-13(6-4-12)15(17,18)19/h3-6,11,14,23H,7-8,10H2,1-2H3/t11-,14?/m0/s1. The average molecular weight is 325 g/mol. The van der Waals surface area contributed by atoms with Gasteiger partial charge in [-0.05, 0) is 31.4 Å². The normalized spacial score (nSPS) is 21.7. The molecule has 2 atom stereocenters. The predicted molar refractivity (Wildman–Crippen MR) is 81.4 cm³/mol. The molecule has 1 heterocycles. The molecule has 0 spiro atoms. The van der Waals surface area contributed by atoms with Gasteiger partial charge in [-0.15, -0.1) is 0 Å². The maximum Gasteiger partial charge on any atom is 0.416 e. The van der Waals surface area contributed by atoms with E-state index < -0.39 is 24.8 Å². The molecule has 0 aromatic heterocycles. The molecule has 2 rings (SSSR count). The summed E-state index contributed by atoms with van der Waals surface area (Å²) in [6.07, 6.45) is -4.38. The number of rotatable bonds is 3. The third-order valence-corrected chi connectivity index (χ3v) is 4.25. The lowest BCUT2D eigenvalue weighted by Gasteiger charge is -2.42. The molecule has 0 amide bonds. The van der Waals surface area contributed by atoms with E-state index in [0.717, 1.165) is 12.1 Å². The number of nitrogens with zero attached hydrogens (tertiary/aromatic N) is 3. The van der Waals surface area contributed by atoms with E-state index >= 15 is 0 Å². The Morgan fingerprint density at radius 2 is 1.91 bits per heavy atom. The van der Waals surface area contributed by atoms with Crippen molar-refractivity contribution >= 4 is 7.05 Å². The van der Waals surface area contributed by atoms with Gasteiger partial charge in [0, 0.05) is 25.7 Å². The summed E-state index contributed by atoms with van der Waals surface area (Å²) < 4.78 is 37.9. The fourth-order valence-electron chi connectivity index (χ4n) is 2.92. The van der Waals surface area contributed by atoms with Crippen LogP contribution in [0.1, 0.15) is 24.1 Å². The third kappa shape index (κ3) is 4.05. The summed E-state index contributed by atoms with van der Waals surface area (Å²) in [6, 6.07) is 6.36. The van der Waals surface area contributed by atoms with Crippen LogP contribution in [-0.4, -0.2) is 47.5 Å². The van der Waals surface area contributed by atoms with Crippen LogP contribution in [0.2, 0.25) is 6.82 Å². The van der Waals surface area contributed by atoms with Crippen molar-refractivity contribution in [1.82, 2.24) is 9.71 Å². The zero-order valence-corrected chi connectivity index (χ0v) is 13.1. The van der Waals surface area contributed by atoms with Gasteiger partial charge in [0.15, 0.2) is 0 Å². The molecule has 1 aliphatic rings. The highest BCUT2D eigenvalue weighted by molar-refractivity contribution is 6.45. The molecule has 23 heavy (non-hydrogen) atoms. The van der Waals surface area contributed by atoms with Gasteiger partial charge in [0.2, 0.25) is 0 Å². The zero-order valence-electron chi connectivity index (χ0n) is 13.1. The van der Waals surface area contributed by atoms with Gasteiger partial charge in [-0.2, -0.15) is 18.4 Å². The Bertz CT molecular complexity index is 571. The van der Waals surface area contributed by atoms with Crippen molar-refractivity contribution in [3.63, 3.8) is 0 Å². The highest BCUT2D eigenvalue weighted by Gasteiger charge is 2.34. The summed E-state index contributed by atoms with van der Waals surface area (Å²) in [5.74, 6) is 0. The molecular formula is C15H19BF3N3O. The SMILES string of the molecule is CB(O)N1CCN(C(C#N)c2ccc(C(F)(F)F)cc2)[C@@H](C)C1. The van der Waals surface area contributed by atoms with Crippen molar-refractivity contribution in [3.8, 4) is 6.07 Å². The largest absolute Gasteiger partial charge is 0.437 e. The topological polar surface area (TPSA) is 50.5 Å². The van der Waals surface area contributed by atoms with Crippen LogP contribution in [0.4, 0.5) is 13.2 Å². The number of halogens is 3. The summed E-state index contributed by atoms with van der Waals surface area (Å²) in [6.45, 7) is 5.44. The molecule has 1 fully saturated rings. The summed E-state index contributed by atoms with van der Waals surface area (Å²) in [7, 11) is -0.550. The van der Waals surface area contributed by atoms with Gasteiger partial charge in [0.1, 0.15) is 6.04 Å². The molecule has 4 nitrogen and oxygen atoms in total. The Hall–Kier alpha value is -1.56. The van der Waals surface area contributed by atoms with Crippen LogP contribution >= 0.6 is 0 Å². The van der Waals surface area contributed by atoms with Gasteiger partial charge in [-0.3, -0.25) is 4.90 Å². The number of hydrogen-bond donors (Lipinski definition) is 1. The summed E-state index contributed by atoms with van der Waals surface area (Å²) in [5, 5.41) is 19.1. The van der Waals surface area contributed by atoms with Crippen LogP contribution in [0.25, 0.3) is 0 Å². The van der Waals surface area contributed by atoms with E-state index in [1.165, 1.54) is 12.1 Å². The van der Waals surface area contributed by atoms with Gasteiger partial charge < -0.3 is 9.83 Å². The lowest BCUT2D eigenvalue weighted by Crippen LogP contribution is -2.56. The molecule has 0 radical (unpaired) electrons. The number of benzene rings is 1. The lowest BCUT2D eigenvalue weighted by molar-refractivity contribution is -0.137. The second kappa shape index (κ2) is 6.91. The van der Waals surface area contributed by atoms with Crippen LogP contribution in [0, 0.1) is 11.3 Å². The smallest absolute Gasteiger partial charge is 0.416 e. The van der Waals surface area contributed by atoms with Crippen molar-refractivity contribution in [3.05, 3.63) is 35.4 Å². The Labute approximate surface area is 134 Å². The van der Waals surface area contributed by atoms with Gasteiger partial charge in [-0.1, -0.05) is 12.1 Å². The predicted octanol–water partition coefficient (Wildman–Crippen LogP) is 2.39. The quantitative estimate of drug-likeness (QED) is 0.867. The maximum absolute atomic E-state index is 12.6. The minimum atomic E-state index is -4.38. The molecule has 1 N–H and O–H groups in total. The van der Waals surface area contributed by atoms with Crippen molar-refractivity contribution in [2.75, 3.05) is 19.6 Å². The van der Waals surface area contributed by atoms with E-state index in [1.54, 1.807) is 6.82 Å². The molecule has 1 unspecified atom stereocenters. The van der Waals surface area contributed by atoms with Gasteiger partial charge in [0.25, 0.3) is 0 Å². The van der Waals surface area contributed by atoms with Crippen LogP contribution < -0.4 is 0 Å². The molecule has 0 bridgehead atoms. The fraction of sp³-hybridized carbons (Fsp3) is 0.533. The van der Waals surface area contributed by atoms with Gasteiger partial charge in [0.05, 0.1) is 11.6 Å². The number of piperazine rings is 1. The monoisotopic (exact) mass is 325 g/mol. The van der Waals surface area contributed by atoms with E-state index in [0.29, 0.717) is 25.2 Å². The highest BCUT2D eigenvalue weighted by atomic mass is 19.4. The lowest BCUT2D eigenvalue weighted by atomic mass is 9.83. The first-order valence-corrected chi connectivity index (χ1v) is 7.48. The minimum absolute atomic E-state index is 0.0188. The molecule has 0 aliphatic carbocycles. The first-order chi connectivity index (χ1) is 10.7. The summed E-state index contributed by atoms with van der Waals surface area (Å²) in [5.41, 5.74) is -0.164. The van der Waals surface area contributed by atoms with Crippen LogP contribution in [-0.2, 0) is 6.18 Å². The first-order valence-electron chi connectivity index (χ1n) is 7.48. The summed E-state index contributed by atoms with van der Waals surface area (Å²) in [4.78, 5) is 3.86. The Morgan fingerprint density at radius 3 is 2.35 bits per heavy atom. The second-order valence-electron chi connectivity index (χ2n) is 5.87. The van der Waals surface area contributed by atoms with Gasteiger partial charge >= 0.3 is 13.2 Å². The van der Waals surface area contributed by atoms with E-state index in [2.05, 4.69) is 6.07 Å². The Balaban J connectivity index is 2.16. The minimum Gasteiger partial charge on any atom is -0.437 e. The molecule has 1 aliphatic heterocycles. The van der Waals surface area contributed by atoms with Crippen LogP contribution in [0.15, 0.2) is 24.3 Å². The van der Waals surface area contributed by atoms with Crippen LogP contribution in [0.3, 0.4) is 0 Å². The summed E-state index contributed by atoms with van der Waals surface area (Å²) >= 11 is 0. The van der Waals surface area contributed by atoms with E-state index in [1.807, 2.05) is 16.6 Å². The van der Waals surface area contributed by atoms with E-state index in [4.69, 9.17) is 0 Å². The molecule has 1 saturated heterocycles. The fourth-order valence-corrected chi connectivity index (χ4v) is 2.92. The van der Waals surface area contributed by atoms with Crippen molar-refractivity contribution < 1.29 is 18.2 Å². The number of alkyl halides is 3. The molecule has 1 aromatic carbocycles. The van der Waals surface area contributed by atoms with Crippen LogP contribution in [0.5, 0.6) is 0 Å². The number of hydrogen-bond acceptors (Lipinski definition) is 4. The highest BCUT2D eigenvalue weighted by Crippen LogP contribution is 2.31. The van der Waals surface area contributed by atoms with Crippen molar-refractivity contribution in [2.24, 2.45) is 0 Å². The Morgan fingerprint density at radius 1 is 1.30 bits per heavy atom. The van der Waals surface area contributed by atoms with Crippen molar-refractivity contribution in [1.29, 1.82) is 5.26 Å².